The average Bonchev–Trinajstić information content (AvgIpc) is 2.34. The summed E-state index contributed by atoms with van der Waals surface area (Å²) in [4.78, 5) is 1.94. The summed E-state index contributed by atoms with van der Waals surface area (Å²) >= 11 is 1.54. The summed E-state index contributed by atoms with van der Waals surface area (Å²) in [6, 6.07) is 13.4. The Morgan fingerprint density at radius 1 is 1.12 bits per heavy atom. The van der Waals surface area contributed by atoms with Gasteiger partial charge in [-0.05, 0) is 48.4 Å². The van der Waals surface area contributed by atoms with E-state index in [0.29, 0.717) is 5.75 Å². The van der Waals surface area contributed by atoms with Gasteiger partial charge in [0.15, 0.2) is 0 Å². The average molecular weight is 245 g/mol. The van der Waals surface area contributed by atoms with Crippen molar-refractivity contribution in [1.29, 1.82) is 0 Å². The van der Waals surface area contributed by atoms with Gasteiger partial charge in [0.1, 0.15) is 5.75 Å². The summed E-state index contributed by atoms with van der Waals surface area (Å²) in [5.41, 5.74) is 7.52. The molecule has 0 aliphatic carbocycles. The van der Waals surface area contributed by atoms with Gasteiger partial charge in [-0.1, -0.05) is 24.8 Å². The van der Waals surface area contributed by atoms with Crippen LogP contribution in [0.2, 0.25) is 0 Å². The molecular weight excluding hydrogens is 230 g/mol. The van der Waals surface area contributed by atoms with Crippen LogP contribution in [0.3, 0.4) is 0 Å². The minimum absolute atomic E-state index is 0.339. The molecule has 0 aliphatic rings. The molecule has 0 spiro atoms. The van der Waals surface area contributed by atoms with E-state index >= 15 is 0 Å². The Morgan fingerprint density at radius 2 is 1.82 bits per heavy atom. The summed E-state index contributed by atoms with van der Waals surface area (Å²) in [6.45, 7) is 2.07. The molecule has 0 unspecified atom stereocenters. The first kappa shape index (κ1) is 11.9. The van der Waals surface area contributed by atoms with Crippen molar-refractivity contribution < 1.29 is 5.11 Å². The van der Waals surface area contributed by atoms with Crippen molar-refractivity contribution in [2.75, 3.05) is 5.73 Å². The van der Waals surface area contributed by atoms with Gasteiger partial charge in [-0.2, -0.15) is 0 Å². The number of nitrogens with two attached hydrogens (primary N) is 1. The third kappa shape index (κ3) is 2.94. The maximum absolute atomic E-state index is 9.89. The molecular formula is C14H15NOS. The third-order valence-electron chi connectivity index (χ3n) is 2.54. The fourth-order valence-corrected chi connectivity index (χ4v) is 2.36. The monoisotopic (exact) mass is 245 g/mol. The number of aryl methyl sites for hydroxylation is 1. The number of nitrogen functional groups attached to an aromatic ring is 1. The Labute approximate surface area is 105 Å². The van der Waals surface area contributed by atoms with Gasteiger partial charge < -0.3 is 10.8 Å². The highest BCUT2D eigenvalue weighted by Gasteiger charge is 2.04. The number of hydrogen-bond donors (Lipinski definition) is 2. The van der Waals surface area contributed by atoms with Crippen molar-refractivity contribution in [1.82, 2.24) is 0 Å². The number of benzene rings is 2. The van der Waals surface area contributed by atoms with E-state index in [0.717, 1.165) is 27.5 Å². The molecule has 0 fully saturated rings. The van der Waals surface area contributed by atoms with E-state index < -0.39 is 0 Å². The van der Waals surface area contributed by atoms with Crippen molar-refractivity contribution in [3.05, 3.63) is 48.0 Å². The van der Waals surface area contributed by atoms with Crippen molar-refractivity contribution >= 4 is 17.4 Å². The number of hydrogen-bond acceptors (Lipinski definition) is 3. The molecule has 3 heteroatoms. The molecule has 3 N–H and O–H groups in total. The van der Waals surface area contributed by atoms with Gasteiger partial charge in [-0.25, -0.2) is 0 Å². The van der Waals surface area contributed by atoms with Crippen LogP contribution in [0.25, 0.3) is 0 Å². The highest BCUT2D eigenvalue weighted by molar-refractivity contribution is 7.99. The molecule has 17 heavy (non-hydrogen) atoms. The van der Waals surface area contributed by atoms with Crippen LogP contribution < -0.4 is 5.73 Å². The maximum atomic E-state index is 9.89. The molecule has 2 nitrogen and oxygen atoms in total. The summed E-state index contributed by atoms with van der Waals surface area (Å²) in [5, 5.41) is 9.89. The van der Waals surface area contributed by atoms with E-state index in [1.807, 2.05) is 42.5 Å². The van der Waals surface area contributed by atoms with Gasteiger partial charge in [0.05, 0.1) is 4.90 Å². The fraction of sp³-hybridized carbons (Fsp3) is 0.143. The highest BCUT2D eigenvalue weighted by Crippen LogP contribution is 2.35. The van der Waals surface area contributed by atoms with Crippen LogP contribution in [0.15, 0.2) is 52.3 Å². The smallest absolute Gasteiger partial charge is 0.129 e. The SMILES string of the molecule is CCc1ccc(Sc2ccc(N)cc2)c(O)c1. The second-order valence-electron chi connectivity index (χ2n) is 3.83. The normalized spacial score (nSPS) is 10.4. The standard InChI is InChI=1S/C14H15NOS/c1-2-10-3-8-14(13(16)9-10)17-12-6-4-11(15)5-7-12/h3-9,16H,2,15H2,1H3. The Kier molecular flexibility index (Phi) is 3.59. The zero-order chi connectivity index (χ0) is 12.3. The van der Waals surface area contributed by atoms with E-state index in [1.54, 1.807) is 0 Å². The minimum Gasteiger partial charge on any atom is -0.507 e. The summed E-state index contributed by atoms with van der Waals surface area (Å²) in [5.74, 6) is 0.339. The van der Waals surface area contributed by atoms with Gasteiger partial charge >= 0.3 is 0 Å². The van der Waals surface area contributed by atoms with E-state index in [-0.39, 0.29) is 0 Å². The van der Waals surface area contributed by atoms with Crippen molar-refractivity contribution in [3.63, 3.8) is 0 Å². The molecule has 0 heterocycles. The molecule has 88 valence electrons. The first-order chi connectivity index (χ1) is 8.19. The number of phenols is 1. The Bertz CT molecular complexity index is 508. The Morgan fingerprint density at radius 3 is 2.41 bits per heavy atom. The lowest BCUT2D eigenvalue weighted by atomic mass is 10.2. The lowest BCUT2D eigenvalue weighted by Gasteiger charge is -2.06. The lowest BCUT2D eigenvalue weighted by molar-refractivity contribution is 0.461. The highest BCUT2D eigenvalue weighted by atomic mass is 32.2. The molecule has 0 bridgehead atoms. The molecule has 2 rings (SSSR count). The second-order valence-corrected chi connectivity index (χ2v) is 4.94. The molecule has 0 atom stereocenters. The fourth-order valence-electron chi connectivity index (χ4n) is 1.53. The second kappa shape index (κ2) is 5.15. The van der Waals surface area contributed by atoms with Crippen LogP contribution in [-0.4, -0.2) is 5.11 Å². The zero-order valence-electron chi connectivity index (χ0n) is 9.68. The largest absolute Gasteiger partial charge is 0.507 e. The first-order valence-corrected chi connectivity index (χ1v) is 6.36. The predicted octanol–water partition coefficient (Wildman–Crippen LogP) is 3.69. The van der Waals surface area contributed by atoms with E-state index in [1.165, 1.54) is 11.8 Å². The summed E-state index contributed by atoms with van der Waals surface area (Å²) in [7, 11) is 0. The summed E-state index contributed by atoms with van der Waals surface area (Å²) < 4.78 is 0. The predicted molar refractivity (Wildman–Crippen MR) is 72.5 cm³/mol. The lowest BCUT2D eigenvalue weighted by Crippen LogP contribution is -1.84. The number of aromatic hydroxyl groups is 1. The maximum Gasteiger partial charge on any atom is 0.129 e. The van der Waals surface area contributed by atoms with Crippen LogP contribution in [0, 0.1) is 0 Å². The van der Waals surface area contributed by atoms with Crippen LogP contribution in [-0.2, 0) is 6.42 Å². The number of rotatable bonds is 3. The van der Waals surface area contributed by atoms with Gasteiger partial charge in [-0.15, -0.1) is 0 Å². The van der Waals surface area contributed by atoms with E-state index in [2.05, 4.69) is 6.92 Å². The Balaban J connectivity index is 2.21. The van der Waals surface area contributed by atoms with Crippen LogP contribution >= 0.6 is 11.8 Å². The van der Waals surface area contributed by atoms with Crippen molar-refractivity contribution in [3.8, 4) is 5.75 Å². The van der Waals surface area contributed by atoms with Crippen LogP contribution in [0.1, 0.15) is 12.5 Å². The Hall–Kier alpha value is -1.61. The molecule has 2 aromatic carbocycles. The van der Waals surface area contributed by atoms with Crippen molar-refractivity contribution in [2.45, 2.75) is 23.1 Å². The van der Waals surface area contributed by atoms with Gasteiger partial charge in [0.2, 0.25) is 0 Å². The van der Waals surface area contributed by atoms with Gasteiger partial charge in [0, 0.05) is 10.6 Å². The molecule has 0 aromatic heterocycles. The minimum atomic E-state index is 0.339. The van der Waals surface area contributed by atoms with Crippen LogP contribution in [0.5, 0.6) is 5.75 Å². The van der Waals surface area contributed by atoms with E-state index in [9.17, 15) is 5.11 Å². The first-order valence-electron chi connectivity index (χ1n) is 5.54. The molecule has 0 amide bonds. The summed E-state index contributed by atoms with van der Waals surface area (Å²) in [6.07, 6.45) is 0.931. The molecule has 0 saturated carbocycles. The zero-order valence-corrected chi connectivity index (χ0v) is 10.5. The third-order valence-corrected chi connectivity index (χ3v) is 3.61. The van der Waals surface area contributed by atoms with Crippen LogP contribution in [0.4, 0.5) is 5.69 Å². The number of phenolic OH excluding ortho intramolecular Hbond substituents is 1. The molecule has 0 saturated heterocycles. The topological polar surface area (TPSA) is 46.2 Å². The molecule has 0 aliphatic heterocycles. The van der Waals surface area contributed by atoms with Gasteiger partial charge in [-0.3, -0.25) is 0 Å². The van der Waals surface area contributed by atoms with E-state index in [4.69, 9.17) is 5.73 Å². The molecule has 0 radical (unpaired) electrons. The quantitative estimate of drug-likeness (QED) is 0.811. The van der Waals surface area contributed by atoms with Crippen molar-refractivity contribution in [2.24, 2.45) is 0 Å². The van der Waals surface area contributed by atoms with Gasteiger partial charge in [0.25, 0.3) is 0 Å². The number of anilines is 1. The molecule has 2 aromatic rings.